The molecular formula is C16H21N3O. The van der Waals surface area contributed by atoms with Gasteiger partial charge in [0.05, 0.1) is 13.2 Å². The standard InChI is InChI=1S/C16H21N3O/c1-12(2)11-14(19-16-17-9-6-10-18-16)13-7-4-5-8-15(13)20-3/h4-10,12,14H,11H2,1-3H3,(H,17,18,19). The molecule has 0 aliphatic carbocycles. The first kappa shape index (κ1) is 14.3. The van der Waals surface area contributed by atoms with Crippen molar-refractivity contribution in [2.75, 3.05) is 12.4 Å². The number of hydrogen-bond donors (Lipinski definition) is 1. The third kappa shape index (κ3) is 3.70. The molecular weight excluding hydrogens is 250 g/mol. The van der Waals surface area contributed by atoms with Crippen molar-refractivity contribution in [1.29, 1.82) is 0 Å². The Morgan fingerprint density at radius 1 is 1.10 bits per heavy atom. The lowest BCUT2D eigenvalue weighted by Crippen LogP contribution is -2.15. The van der Waals surface area contributed by atoms with Crippen LogP contribution in [0.4, 0.5) is 5.95 Å². The topological polar surface area (TPSA) is 47.0 Å². The van der Waals surface area contributed by atoms with Crippen LogP contribution in [-0.2, 0) is 0 Å². The summed E-state index contributed by atoms with van der Waals surface area (Å²) in [6, 6.07) is 10.0. The lowest BCUT2D eigenvalue weighted by Gasteiger charge is -2.22. The van der Waals surface area contributed by atoms with Crippen LogP contribution in [0.5, 0.6) is 5.75 Å². The summed E-state index contributed by atoms with van der Waals surface area (Å²) in [6.07, 6.45) is 4.46. The van der Waals surface area contributed by atoms with Crippen molar-refractivity contribution in [2.24, 2.45) is 5.92 Å². The first-order valence-corrected chi connectivity index (χ1v) is 6.87. The second-order valence-electron chi connectivity index (χ2n) is 5.14. The highest BCUT2D eigenvalue weighted by Crippen LogP contribution is 2.31. The summed E-state index contributed by atoms with van der Waals surface area (Å²) in [7, 11) is 1.70. The van der Waals surface area contributed by atoms with Crippen LogP contribution in [0.25, 0.3) is 0 Å². The number of nitrogens with one attached hydrogen (secondary N) is 1. The van der Waals surface area contributed by atoms with Crippen molar-refractivity contribution in [2.45, 2.75) is 26.3 Å². The Bertz CT molecular complexity index is 528. The van der Waals surface area contributed by atoms with Crippen LogP contribution < -0.4 is 10.1 Å². The number of hydrogen-bond acceptors (Lipinski definition) is 4. The molecule has 0 saturated heterocycles. The van der Waals surface area contributed by atoms with Crippen LogP contribution >= 0.6 is 0 Å². The van der Waals surface area contributed by atoms with Crippen LogP contribution in [0.15, 0.2) is 42.7 Å². The van der Waals surface area contributed by atoms with Crippen molar-refractivity contribution in [3.05, 3.63) is 48.3 Å². The molecule has 1 aromatic carbocycles. The maximum Gasteiger partial charge on any atom is 0.223 e. The quantitative estimate of drug-likeness (QED) is 0.870. The lowest BCUT2D eigenvalue weighted by molar-refractivity contribution is 0.402. The summed E-state index contributed by atoms with van der Waals surface area (Å²) in [5.41, 5.74) is 1.14. The van der Waals surface area contributed by atoms with Crippen LogP contribution in [0, 0.1) is 5.92 Å². The molecule has 2 aromatic rings. The van der Waals surface area contributed by atoms with Gasteiger partial charge in [-0.3, -0.25) is 0 Å². The Morgan fingerprint density at radius 3 is 2.45 bits per heavy atom. The Kier molecular flexibility index (Phi) is 4.93. The summed E-state index contributed by atoms with van der Waals surface area (Å²) >= 11 is 0. The van der Waals surface area contributed by atoms with Gasteiger partial charge in [0.1, 0.15) is 5.75 Å². The van der Waals surface area contributed by atoms with E-state index in [1.54, 1.807) is 19.5 Å². The molecule has 4 heteroatoms. The molecule has 1 atom stereocenters. The van der Waals surface area contributed by atoms with E-state index >= 15 is 0 Å². The SMILES string of the molecule is COc1ccccc1C(CC(C)C)Nc1ncccn1. The van der Waals surface area contributed by atoms with Crippen molar-refractivity contribution in [1.82, 2.24) is 9.97 Å². The fraction of sp³-hybridized carbons (Fsp3) is 0.375. The second-order valence-corrected chi connectivity index (χ2v) is 5.14. The molecule has 106 valence electrons. The molecule has 0 aliphatic rings. The Morgan fingerprint density at radius 2 is 1.80 bits per heavy atom. The van der Waals surface area contributed by atoms with Crippen LogP contribution in [0.1, 0.15) is 31.9 Å². The zero-order valence-electron chi connectivity index (χ0n) is 12.2. The first-order chi connectivity index (χ1) is 9.70. The third-order valence-electron chi connectivity index (χ3n) is 3.09. The molecule has 2 rings (SSSR count). The average Bonchev–Trinajstić information content (AvgIpc) is 2.47. The fourth-order valence-corrected chi connectivity index (χ4v) is 2.22. The van der Waals surface area contributed by atoms with Gasteiger partial charge in [-0.05, 0) is 24.5 Å². The lowest BCUT2D eigenvalue weighted by atomic mass is 9.96. The molecule has 0 bridgehead atoms. The predicted octanol–water partition coefficient (Wildman–Crippen LogP) is 3.68. The van der Waals surface area contributed by atoms with Gasteiger partial charge >= 0.3 is 0 Å². The van der Waals surface area contributed by atoms with Gasteiger partial charge in [-0.2, -0.15) is 0 Å². The van der Waals surface area contributed by atoms with Crippen LogP contribution in [-0.4, -0.2) is 17.1 Å². The van der Waals surface area contributed by atoms with E-state index in [0.717, 1.165) is 17.7 Å². The molecule has 0 radical (unpaired) electrons. The highest BCUT2D eigenvalue weighted by molar-refractivity contribution is 5.40. The summed E-state index contributed by atoms with van der Waals surface area (Å²) in [5, 5.41) is 3.40. The van der Waals surface area contributed by atoms with E-state index in [9.17, 15) is 0 Å². The molecule has 0 aliphatic heterocycles. The number of nitrogens with zero attached hydrogens (tertiary/aromatic N) is 2. The van der Waals surface area contributed by atoms with Gasteiger partial charge in [-0.1, -0.05) is 32.0 Å². The molecule has 1 unspecified atom stereocenters. The number of ether oxygens (including phenoxy) is 1. The van der Waals surface area contributed by atoms with Crippen molar-refractivity contribution < 1.29 is 4.74 Å². The van der Waals surface area contributed by atoms with Crippen molar-refractivity contribution in [3.63, 3.8) is 0 Å². The minimum atomic E-state index is 0.133. The van der Waals surface area contributed by atoms with Gasteiger partial charge in [-0.25, -0.2) is 9.97 Å². The summed E-state index contributed by atoms with van der Waals surface area (Å²) < 4.78 is 5.46. The number of methoxy groups -OCH3 is 1. The molecule has 0 spiro atoms. The molecule has 20 heavy (non-hydrogen) atoms. The van der Waals surface area contributed by atoms with E-state index in [1.165, 1.54) is 0 Å². The van der Waals surface area contributed by atoms with Gasteiger partial charge in [-0.15, -0.1) is 0 Å². The summed E-state index contributed by atoms with van der Waals surface area (Å²) in [5.74, 6) is 2.09. The summed E-state index contributed by atoms with van der Waals surface area (Å²) in [6.45, 7) is 4.41. The minimum Gasteiger partial charge on any atom is -0.496 e. The van der Waals surface area contributed by atoms with E-state index in [2.05, 4.69) is 35.2 Å². The maximum absolute atomic E-state index is 5.46. The second kappa shape index (κ2) is 6.89. The smallest absolute Gasteiger partial charge is 0.223 e. The van der Waals surface area contributed by atoms with Gasteiger partial charge in [0.15, 0.2) is 0 Å². The average molecular weight is 271 g/mol. The number of para-hydroxylation sites is 1. The molecule has 0 amide bonds. The largest absolute Gasteiger partial charge is 0.496 e. The monoisotopic (exact) mass is 271 g/mol. The normalized spacial score (nSPS) is 12.2. The number of benzene rings is 1. The van der Waals surface area contributed by atoms with E-state index in [-0.39, 0.29) is 6.04 Å². The zero-order valence-corrected chi connectivity index (χ0v) is 12.2. The maximum atomic E-state index is 5.46. The van der Waals surface area contributed by atoms with Gasteiger partial charge in [0, 0.05) is 18.0 Å². The van der Waals surface area contributed by atoms with Gasteiger partial charge < -0.3 is 10.1 Å². The Hall–Kier alpha value is -2.10. The zero-order chi connectivity index (χ0) is 14.4. The molecule has 1 aromatic heterocycles. The van der Waals surface area contributed by atoms with Crippen molar-refractivity contribution >= 4 is 5.95 Å². The summed E-state index contributed by atoms with van der Waals surface area (Å²) in [4.78, 5) is 8.49. The highest BCUT2D eigenvalue weighted by Gasteiger charge is 2.18. The minimum absolute atomic E-state index is 0.133. The van der Waals surface area contributed by atoms with Crippen LogP contribution in [0.3, 0.4) is 0 Å². The molecule has 0 saturated carbocycles. The molecule has 0 fully saturated rings. The van der Waals surface area contributed by atoms with E-state index in [0.29, 0.717) is 11.9 Å². The predicted molar refractivity (Wildman–Crippen MR) is 80.8 cm³/mol. The number of anilines is 1. The Labute approximate surface area is 120 Å². The highest BCUT2D eigenvalue weighted by atomic mass is 16.5. The van der Waals surface area contributed by atoms with E-state index in [4.69, 9.17) is 4.74 Å². The van der Waals surface area contributed by atoms with Crippen molar-refractivity contribution in [3.8, 4) is 5.75 Å². The number of rotatable bonds is 6. The number of aromatic nitrogens is 2. The third-order valence-corrected chi connectivity index (χ3v) is 3.09. The molecule has 1 N–H and O–H groups in total. The fourth-order valence-electron chi connectivity index (χ4n) is 2.22. The first-order valence-electron chi connectivity index (χ1n) is 6.87. The van der Waals surface area contributed by atoms with Gasteiger partial charge in [0.2, 0.25) is 5.95 Å². The van der Waals surface area contributed by atoms with Crippen LogP contribution in [0.2, 0.25) is 0 Å². The molecule has 1 heterocycles. The van der Waals surface area contributed by atoms with E-state index in [1.807, 2.05) is 24.3 Å². The van der Waals surface area contributed by atoms with E-state index < -0.39 is 0 Å². The Balaban J connectivity index is 2.27. The molecule has 4 nitrogen and oxygen atoms in total. The van der Waals surface area contributed by atoms with Gasteiger partial charge in [0.25, 0.3) is 0 Å².